The van der Waals surface area contributed by atoms with Crippen LogP contribution in [-0.4, -0.2) is 197 Å². The number of ether oxygens (including phenoxy) is 2. The first-order valence-corrected chi connectivity index (χ1v) is 41.3. The molecule has 0 atom stereocenters. The largest absolute Gasteiger partial charge is 0.467 e. The molecule has 20 rings (SSSR count). The number of methoxy groups -OCH3 is 2. The Morgan fingerprint density at radius 1 is 0.250 bits per heavy atom. The van der Waals surface area contributed by atoms with Gasteiger partial charge in [-0.15, -0.1) is 61.2 Å². The van der Waals surface area contributed by atoms with E-state index >= 15 is 0 Å². The number of hydrogen-bond acceptors (Lipinski definition) is 44. The van der Waals surface area contributed by atoms with E-state index in [-0.39, 0.29) is 122 Å². The summed E-state index contributed by atoms with van der Waals surface area (Å²) in [5.41, 5.74) is 36.5. The number of azo groups is 5. The molecule has 704 valence electrons. The molecule has 0 bridgehead atoms. The van der Waals surface area contributed by atoms with Crippen LogP contribution in [0.3, 0.4) is 0 Å². The van der Waals surface area contributed by atoms with E-state index in [4.69, 9.17) is 71.0 Å². The summed E-state index contributed by atoms with van der Waals surface area (Å²) in [4.78, 5) is 79.3. The Morgan fingerprint density at radius 3 is 0.750 bits per heavy atom. The van der Waals surface area contributed by atoms with Gasteiger partial charge in [0.1, 0.15) is 0 Å². The molecule has 0 aliphatic carbocycles. The fourth-order valence-corrected chi connectivity index (χ4v) is 12.5. The normalized spacial score (nSPS) is 11.0. The first kappa shape index (κ1) is 94.4. The van der Waals surface area contributed by atoms with E-state index in [1.807, 2.05) is 24.3 Å². The Kier molecular flexibility index (Phi) is 28.5. The molecular formula is C85H67N57O2. The van der Waals surface area contributed by atoms with Crippen molar-refractivity contribution in [2.75, 3.05) is 42.9 Å². The average Bonchev–Trinajstić information content (AvgIpc) is 1.61. The summed E-state index contributed by atoms with van der Waals surface area (Å²) in [6, 6.07) is 31.8. The minimum atomic E-state index is -0.00109. The minimum absolute atomic E-state index is 0.00109. The van der Waals surface area contributed by atoms with Crippen LogP contribution in [0.1, 0.15) is 28.5 Å². The van der Waals surface area contributed by atoms with Crippen LogP contribution in [0.2, 0.25) is 0 Å². The third kappa shape index (κ3) is 20.5. The lowest BCUT2D eigenvalue weighted by atomic mass is 10.4. The highest BCUT2D eigenvalue weighted by Gasteiger charge is 2.26. The number of hydrogen-bond donors (Lipinski definition) is 5. The molecule has 0 amide bonds. The van der Waals surface area contributed by atoms with E-state index in [1.54, 1.807) is 200 Å². The molecule has 10 N–H and O–H groups in total. The number of nitrogens with zero attached hydrogens (tertiary/aromatic N) is 52. The van der Waals surface area contributed by atoms with E-state index in [1.165, 1.54) is 92.0 Å². The Hall–Kier alpha value is -22.8. The van der Waals surface area contributed by atoms with Crippen LogP contribution >= 0.6 is 0 Å². The molecule has 20 aromatic heterocycles. The van der Waals surface area contributed by atoms with Crippen molar-refractivity contribution < 1.29 is 9.47 Å². The Morgan fingerprint density at radius 2 is 0.486 bits per heavy atom. The van der Waals surface area contributed by atoms with Crippen molar-refractivity contribution in [2.24, 2.45) is 51.1 Å². The quantitative estimate of drug-likeness (QED) is 0.0311. The zero-order chi connectivity index (χ0) is 101. The molecule has 0 saturated carbocycles. The second-order valence-electron chi connectivity index (χ2n) is 28.2. The summed E-state index contributed by atoms with van der Waals surface area (Å²) in [6.45, 7) is 45.5. The lowest BCUT2D eigenvalue weighted by Crippen LogP contribution is -2.07. The highest BCUT2D eigenvalue weighted by molar-refractivity contribution is 5.72. The molecular weight excluding hydrogens is 1850 g/mol. The van der Waals surface area contributed by atoms with Gasteiger partial charge in [-0.3, -0.25) is 0 Å². The molecule has 20 aromatic rings. The van der Waals surface area contributed by atoms with Gasteiger partial charge in [-0.25, -0.2) is 93.4 Å². The third-order valence-corrected chi connectivity index (χ3v) is 19.1. The molecule has 20 heterocycles. The molecule has 0 aliphatic rings. The van der Waals surface area contributed by atoms with Gasteiger partial charge in [-0.2, -0.15) is 104 Å². The molecule has 0 aromatic carbocycles. The van der Waals surface area contributed by atoms with Crippen molar-refractivity contribution in [1.29, 1.82) is 0 Å². The Balaban J connectivity index is 0.000000129. The van der Waals surface area contributed by atoms with Gasteiger partial charge in [0.2, 0.25) is 0 Å². The van der Waals surface area contributed by atoms with Crippen LogP contribution in [0.15, 0.2) is 272 Å². The van der Waals surface area contributed by atoms with Gasteiger partial charge in [0.25, 0.3) is 58.2 Å². The van der Waals surface area contributed by atoms with Crippen molar-refractivity contribution in [1.82, 2.24) is 183 Å². The summed E-state index contributed by atoms with van der Waals surface area (Å²) in [6.07, 6.45) is 27.6. The smallest absolute Gasteiger partial charge is 0.324 e. The topological polar surface area (TPSA) is 691 Å². The fourth-order valence-electron chi connectivity index (χ4n) is 12.5. The van der Waals surface area contributed by atoms with Gasteiger partial charge in [-0.1, -0.05) is 24.3 Å². The van der Waals surface area contributed by atoms with E-state index < -0.39 is 0 Å². The van der Waals surface area contributed by atoms with Gasteiger partial charge in [0, 0.05) is 80.6 Å². The van der Waals surface area contributed by atoms with Crippen molar-refractivity contribution >= 4 is 115 Å². The van der Waals surface area contributed by atoms with Gasteiger partial charge in [0.15, 0.2) is 116 Å². The lowest BCUT2D eigenvalue weighted by molar-refractivity contribution is 0.338. The van der Waals surface area contributed by atoms with Crippen molar-refractivity contribution in [3.63, 3.8) is 0 Å². The van der Waals surface area contributed by atoms with Crippen molar-refractivity contribution in [2.45, 2.75) is 34.6 Å². The van der Waals surface area contributed by atoms with Crippen LogP contribution in [0.4, 0.5) is 115 Å². The maximum Gasteiger partial charge on any atom is 0.324 e. The average molecular weight is 1920 g/mol. The van der Waals surface area contributed by atoms with Gasteiger partial charge in [0.05, 0.1) is 107 Å². The monoisotopic (exact) mass is 1920 g/mol. The van der Waals surface area contributed by atoms with Gasteiger partial charge < -0.3 is 38.1 Å². The number of anilines is 5. The first-order chi connectivity index (χ1) is 70.3. The van der Waals surface area contributed by atoms with E-state index in [9.17, 15) is 0 Å². The summed E-state index contributed by atoms with van der Waals surface area (Å²) >= 11 is 0. The number of rotatable bonds is 22. The number of aryl methyl sites for hydroxylation is 5. The highest BCUT2D eigenvalue weighted by Crippen LogP contribution is 2.41. The fraction of sp³-hybridized carbons (Fsp3) is 0.0824. The molecule has 0 radical (unpaired) electrons. The van der Waals surface area contributed by atoms with Crippen LogP contribution in [0.25, 0.3) is 83.1 Å². The zero-order valence-corrected chi connectivity index (χ0v) is 75.7. The summed E-state index contributed by atoms with van der Waals surface area (Å²) in [7, 11) is 2.79. The molecule has 0 aliphatic heterocycles. The Labute approximate surface area is 809 Å². The second-order valence-corrected chi connectivity index (χ2v) is 28.2. The first-order valence-electron chi connectivity index (χ1n) is 41.3. The highest BCUT2D eigenvalue weighted by atomic mass is 16.5. The standard InChI is InChI=1S/C18H14N10.C17H15N13O2.2C17H13N11.C16H12N12/c1-12-16(17(19)27(26-12)14-7-3-5-9-21-14)24-25-18-13(20-2)11-23-28(18)15-8-4-6-10-22-15;1-9-11(12(18)29(28-9)14-20-6-5-7-21-14)26-27-13-10(19-2)8-22-30(13)15-23-16(31-3)25-17(24-15)32-4;1-11-15(16(18)27(26-11)13-6-3-4-8-20-13)24-25-17-12(19-2)10-22-28(17)14-7-5-9-21-23-14;1-11-14(15(18)27(26-11)13-6-3-4-7-20-13)24-25-16-12(19-2)10-23-28(16)17-21-8-5-9-22-17;1-10-12(13(17)27(26-10)15-19-5-3-6-20-15)24-25-14-11(18-2)9-23-28(14)16-21-7-4-8-22-16/h3-11H,19H2,1H3;5-8H,18H2,1,3-4H3;2*3-10H,18H2,1H3;3-9H,17H2,1H3. The van der Waals surface area contributed by atoms with Crippen LogP contribution in [-0.2, 0) is 0 Å². The third-order valence-electron chi connectivity index (χ3n) is 19.1. The molecule has 0 spiro atoms. The number of pyridine rings is 4. The van der Waals surface area contributed by atoms with E-state index in [2.05, 4.69) is 211 Å². The molecule has 59 heteroatoms. The summed E-state index contributed by atoms with van der Waals surface area (Å²) in [5, 5.41) is 92.3. The minimum Gasteiger partial charge on any atom is -0.467 e. The molecule has 0 fully saturated rings. The second kappa shape index (κ2) is 43.4. The van der Waals surface area contributed by atoms with Crippen molar-refractivity contribution in [3.05, 3.63) is 306 Å². The number of nitrogen functional groups attached to an aromatic ring is 5. The van der Waals surface area contributed by atoms with E-state index in [0.29, 0.717) is 92.1 Å². The summed E-state index contributed by atoms with van der Waals surface area (Å²) in [5.74, 6) is 6.02. The SMILES string of the molecule is [C-]#[N+]c1cnn(-c2ccccn2)c1N=Nc1c(C)nn(-c2ccccn2)c1N.[C-]#[N+]c1cnn(-c2cccnn2)c1N=Nc1c(C)nn(-c2ccccn2)c1N.[C-]#[N+]c1cnn(-c2nc(OC)nc(OC)n2)c1N=Nc1c(C)nn(-c2ncccn2)c1N.[C-]#[N+]c1cnn(-c2ncccn2)c1N=Nc1c(C)nn(-c2ccccn2)c1N.[C-]#[N+]c1cnn(-c2ncccn2)c1N=Nc1c(C)nn(-c2ncccn2)c1N. The maximum atomic E-state index is 7.41. The maximum absolute atomic E-state index is 7.41. The predicted octanol–water partition coefficient (Wildman–Crippen LogP) is 14.3. The van der Waals surface area contributed by atoms with Crippen LogP contribution in [0, 0.1) is 67.5 Å². The van der Waals surface area contributed by atoms with Crippen LogP contribution < -0.4 is 38.1 Å². The molecule has 0 unspecified atom stereocenters. The molecule has 59 nitrogen and oxygen atoms in total. The number of nitrogens with two attached hydrogens (primary N) is 5. The molecule has 0 saturated heterocycles. The van der Waals surface area contributed by atoms with Crippen molar-refractivity contribution in [3.8, 4) is 70.9 Å². The van der Waals surface area contributed by atoms with Gasteiger partial charge >= 0.3 is 12.0 Å². The van der Waals surface area contributed by atoms with Crippen LogP contribution in [0.5, 0.6) is 12.0 Å². The predicted molar refractivity (Wildman–Crippen MR) is 509 cm³/mol. The lowest BCUT2D eigenvalue weighted by Gasteiger charge is -2.06. The van der Waals surface area contributed by atoms with E-state index in [0.717, 1.165) is 0 Å². The zero-order valence-electron chi connectivity index (χ0n) is 75.7. The Bertz CT molecular complexity index is 7550. The van der Waals surface area contributed by atoms with Gasteiger partial charge in [-0.05, 0) is 120 Å². The number of aromatic nitrogens is 37. The summed E-state index contributed by atoms with van der Waals surface area (Å²) < 4.78 is 24.0. The molecule has 144 heavy (non-hydrogen) atoms.